The van der Waals surface area contributed by atoms with Gasteiger partial charge in [0.25, 0.3) is 0 Å². The highest BCUT2D eigenvalue weighted by atomic mass is 16.4. The number of carboxylic acid groups (broad SMARTS) is 1. The van der Waals surface area contributed by atoms with Crippen LogP contribution in [-0.2, 0) is 11.2 Å². The first-order valence-corrected chi connectivity index (χ1v) is 5.52. The Morgan fingerprint density at radius 1 is 1.33 bits per heavy atom. The van der Waals surface area contributed by atoms with Crippen LogP contribution < -0.4 is 0 Å². The van der Waals surface area contributed by atoms with Gasteiger partial charge in [-0.15, -0.1) is 0 Å². The molecule has 0 radical (unpaired) electrons. The SMILES string of the molecule is O=C(O)C(Cc1ccccc1)CC1CC1. The zero-order chi connectivity index (χ0) is 10.7. The van der Waals surface area contributed by atoms with Gasteiger partial charge in [0.15, 0.2) is 0 Å². The van der Waals surface area contributed by atoms with Crippen molar-refractivity contribution >= 4 is 5.97 Å². The number of carbonyl (C=O) groups is 1. The van der Waals surface area contributed by atoms with Gasteiger partial charge in [-0.2, -0.15) is 0 Å². The van der Waals surface area contributed by atoms with E-state index in [-0.39, 0.29) is 5.92 Å². The summed E-state index contributed by atoms with van der Waals surface area (Å²) in [6.45, 7) is 0. The van der Waals surface area contributed by atoms with Crippen molar-refractivity contribution in [1.82, 2.24) is 0 Å². The van der Waals surface area contributed by atoms with E-state index in [1.165, 1.54) is 12.8 Å². The molecule has 1 N–H and O–H groups in total. The Balaban J connectivity index is 1.96. The second-order valence-electron chi connectivity index (χ2n) is 4.40. The topological polar surface area (TPSA) is 37.3 Å². The van der Waals surface area contributed by atoms with Gasteiger partial charge in [0.1, 0.15) is 0 Å². The molecule has 1 aromatic carbocycles. The molecule has 0 aliphatic heterocycles. The molecule has 15 heavy (non-hydrogen) atoms. The van der Waals surface area contributed by atoms with Gasteiger partial charge in [0.2, 0.25) is 0 Å². The number of benzene rings is 1. The average molecular weight is 204 g/mol. The number of rotatable bonds is 5. The minimum Gasteiger partial charge on any atom is -0.481 e. The van der Waals surface area contributed by atoms with E-state index < -0.39 is 5.97 Å². The zero-order valence-corrected chi connectivity index (χ0v) is 8.73. The number of hydrogen-bond donors (Lipinski definition) is 1. The lowest BCUT2D eigenvalue weighted by atomic mass is 9.94. The Hall–Kier alpha value is -1.31. The molecule has 1 unspecified atom stereocenters. The van der Waals surface area contributed by atoms with Crippen molar-refractivity contribution in [2.45, 2.75) is 25.7 Å². The predicted octanol–water partition coefficient (Wildman–Crippen LogP) is 2.73. The van der Waals surface area contributed by atoms with Crippen LogP contribution >= 0.6 is 0 Å². The van der Waals surface area contributed by atoms with Crippen molar-refractivity contribution < 1.29 is 9.90 Å². The molecule has 0 bridgehead atoms. The number of hydrogen-bond acceptors (Lipinski definition) is 1. The lowest BCUT2D eigenvalue weighted by Crippen LogP contribution is -2.17. The highest BCUT2D eigenvalue weighted by Crippen LogP contribution is 2.36. The maximum Gasteiger partial charge on any atom is 0.306 e. The summed E-state index contributed by atoms with van der Waals surface area (Å²) in [4.78, 5) is 11.1. The van der Waals surface area contributed by atoms with Crippen molar-refractivity contribution in [2.24, 2.45) is 11.8 Å². The summed E-state index contributed by atoms with van der Waals surface area (Å²) in [6, 6.07) is 9.89. The third kappa shape index (κ3) is 3.08. The highest BCUT2D eigenvalue weighted by molar-refractivity contribution is 5.70. The molecule has 1 saturated carbocycles. The van der Waals surface area contributed by atoms with Crippen molar-refractivity contribution in [3.8, 4) is 0 Å². The first-order chi connectivity index (χ1) is 7.25. The van der Waals surface area contributed by atoms with E-state index >= 15 is 0 Å². The Morgan fingerprint density at radius 3 is 2.53 bits per heavy atom. The van der Waals surface area contributed by atoms with Crippen molar-refractivity contribution in [2.75, 3.05) is 0 Å². The molecular formula is C13H16O2. The summed E-state index contributed by atoms with van der Waals surface area (Å²) in [7, 11) is 0. The normalized spacial score (nSPS) is 17.3. The largest absolute Gasteiger partial charge is 0.481 e. The second kappa shape index (κ2) is 4.47. The first kappa shape index (κ1) is 10.2. The Bertz CT molecular complexity index is 328. The van der Waals surface area contributed by atoms with E-state index in [9.17, 15) is 4.79 Å². The maximum atomic E-state index is 11.1. The molecule has 0 saturated heterocycles. The van der Waals surface area contributed by atoms with Crippen LogP contribution in [0.15, 0.2) is 30.3 Å². The Labute approximate surface area is 89.9 Å². The van der Waals surface area contributed by atoms with Gasteiger partial charge in [-0.05, 0) is 24.3 Å². The van der Waals surface area contributed by atoms with Crippen LogP contribution in [0.5, 0.6) is 0 Å². The summed E-state index contributed by atoms with van der Waals surface area (Å²) in [5.74, 6) is -0.166. The minimum absolute atomic E-state index is 0.195. The fourth-order valence-corrected chi connectivity index (χ4v) is 1.93. The average Bonchev–Trinajstić information content (AvgIpc) is 3.02. The standard InChI is InChI=1S/C13H16O2/c14-13(15)12(9-11-6-7-11)8-10-4-2-1-3-5-10/h1-5,11-12H,6-9H2,(H,14,15). The fraction of sp³-hybridized carbons (Fsp3) is 0.462. The van der Waals surface area contributed by atoms with Crippen molar-refractivity contribution in [3.63, 3.8) is 0 Å². The first-order valence-electron chi connectivity index (χ1n) is 5.52. The molecule has 1 aliphatic rings. The van der Waals surface area contributed by atoms with Crippen LogP contribution in [0.3, 0.4) is 0 Å². The number of carboxylic acids is 1. The molecule has 0 aromatic heterocycles. The molecular weight excluding hydrogens is 188 g/mol. The third-order valence-electron chi connectivity index (χ3n) is 2.99. The minimum atomic E-state index is -0.647. The Morgan fingerprint density at radius 2 is 2.00 bits per heavy atom. The second-order valence-corrected chi connectivity index (χ2v) is 4.40. The molecule has 80 valence electrons. The maximum absolute atomic E-state index is 11.1. The lowest BCUT2D eigenvalue weighted by molar-refractivity contribution is -0.142. The summed E-state index contributed by atoms with van der Waals surface area (Å²) >= 11 is 0. The van der Waals surface area contributed by atoms with Crippen LogP contribution in [0.25, 0.3) is 0 Å². The van der Waals surface area contributed by atoms with E-state index in [1.54, 1.807) is 0 Å². The monoisotopic (exact) mass is 204 g/mol. The summed E-state index contributed by atoms with van der Waals surface area (Å²) < 4.78 is 0. The molecule has 0 spiro atoms. The van der Waals surface area contributed by atoms with Gasteiger partial charge >= 0.3 is 5.97 Å². The van der Waals surface area contributed by atoms with E-state index in [4.69, 9.17) is 5.11 Å². The molecule has 0 heterocycles. The van der Waals surface area contributed by atoms with E-state index in [0.29, 0.717) is 12.3 Å². The molecule has 1 aliphatic carbocycles. The van der Waals surface area contributed by atoms with Gasteiger partial charge in [0, 0.05) is 0 Å². The molecule has 1 aromatic rings. The molecule has 1 fully saturated rings. The summed E-state index contributed by atoms with van der Waals surface area (Å²) in [5.41, 5.74) is 1.13. The van der Waals surface area contributed by atoms with Gasteiger partial charge in [-0.1, -0.05) is 43.2 Å². The van der Waals surface area contributed by atoms with Crippen LogP contribution in [-0.4, -0.2) is 11.1 Å². The third-order valence-corrected chi connectivity index (χ3v) is 2.99. The molecule has 1 atom stereocenters. The van der Waals surface area contributed by atoms with Crippen LogP contribution in [0.4, 0.5) is 0 Å². The van der Waals surface area contributed by atoms with Gasteiger partial charge in [-0.3, -0.25) is 4.79 Å². The van der Waals surface area contributed by atoms with Gasteiger partial charge < -0.3 is 5.11 Å². The van der Waals surface area contributed by atoms with E-state index in [1.807, 2.05) is 30.3 Å². The van der Waals surface area contributed by atoms with Crippen molar-refractivity contribution in [3.05, 3.63) is 35.9 Å². The van der Waals surface area contributed by atoms with Crippen molar-refractivity contribution in [1.29, 1.82) is 0 Å². The summed E-state index contributed by atoms with van der Waals surface area (Å²) in [5, 5.41) is 9.11. The van der Waals surface area contributed by atoms with E-state index in [2.05, 4.69) is 0 Å². The smallest absolute Gasteiger partial charge is 0.306 e. The predicted molar refractivity (Wildman–Crippen MR) is 58.6 cm³/mol. The zero-order valence-electron chi connectivity index (χ0n) is 8.73. The molecule has 2 heteroatoms. The van der Waals surface area contributed by atoms with Crippen LogP contribution in [0.2, 0.25) is 0 Å². The molecule has 2 rings (SSSR count). The van der Waals surface area contributed by atoms with Crippen LogP contribution in [0.1, 0.15) is 24.8 Å². The highest BCUT2D eigenvalue weighted by Gasteiger charge is 2.29. The molecule has 0 amide bonds. The molecule has 2 nitrogen and oxygen atoms in total. The fourth-order valence-electron chi connectivity index (χ4n) is 1.93. The van der Waals surface area contributed by atoms with Gasteiger partial charge in [-0.25, -0.2) is 0 Å². The Kier molecular flexibility index (Phi) is 3.05. The van der Waals surface area contributed by atoms with Crippen LogP contribution in [0, 0.1) is 11.8 Å². The van der Waals surface area contributed by atoms with E-state index in [0.717, 1.165) is 12.0 Å². The van der Waals surface area contributed by atoms with Gasteiger partial charge in [0.05, 0.1) is 5.92 Å². The number of aliphatic carboxylic acids is 1. The lowest BCUT2D eigenvalue weighted by Gasteiger charge is -2.11. The quantitative estimate of drug-likeness (QED) is 0.800. The summed E-state index contributed by atoms with van der Waals surface area (Å²) in [6.07, 6.45) is 3.97.